The van der Waals surface area contributed by atoms with Crippen LogP contribution in [0.5, 0.6) is 0 Å². The van der Waals surface area contributed by atoms with E-state index in [1.54, 1.807) is 24.3 Å². The molecular weight excluding hydrogens is 442 g/mol. The van der Waals surface area contributed by atoms with Gasteiger partial charge in [0, 0.05) is 17.4 Å². The van der Waals surface area contributed by atoms with Gasteiger partial charge < -0.3 is 26.2 Å². The zero-order chi connectivity index (χ0) is 21.9. The zero-order valence-corrected chi connectivity index (χ0v) is 18.3. The molecular formula is C20H28BrN3O5. The van der Waals surface area contributed by atoms with Crippen LogP contribution in [0.15, 0.2) is 28.7 Å². The minimum atomic E-state index is -1.06. The summed E-state index contributed by atoms with van der Waals surface area (Å²) < 4.78 is 0.827. The lowest BCUT2D eigenvalue weighted by molar-refractivity contribution is -0.142. The highest BCUT2D eigenvalue weighted by molar-refractivity contribution is 9.10. The molecule has 4 atom stereocenters. The van der Waals surface area contributed by atoms with Gasteiger partial charge in [0.25, 0.3) is 0 Å². The summed E-state index contributed by atoms with van der Waals surface area (Å²) in [7, 11) is 0. The Hall–Kier alpha value is -1.97. The SMILES string of the molecule is CC(C)(C)[C@@H](N)C(=O)N1C[C@H](O)C[C@H]1C(=O)N[C@@H](CC(=O)O)c1ccc(Br)cc1. The van der Waals surface area contributed by atoms with E-state index in [0.29, 0.717) is 5.56 Å². The molecule has 1 fully saturated rings. The first-order chi connectivity index (χ1) is 13.4. The van der Waals surface area contributed by atoms with Gasteiger partial charge in [-0.05, 0) is 23.1 Å². The summed E-state index contributed by atoms with van der Waals surface area (Å²) in [5.74, 6) is -1.98. The Morgan fingerprint density at radius 1 is 1.28 bits per heavy atom. The van der Waals surface area contributed by atoms with E-state index in [-0.39, 0.29) is 19.4 Å². The Morgan fingerprint density at radius 2 is 1.86 bits per heavy atom. The molecule has 1 saturated heterocycles. The van der Waals surface area contributed by atoms with Gasteiger partial charge in [-0.2, -0.15) is 0 Å². The third-order valence-electron chi connectivity index (χ3n) is 5.03. The van der Waals surface area contributed by atoms with Crippen LogP contribution in [-0.2, 0) is 14.4 Å². The molecule has 1 heterocycles. The molecule has 9 heteroatoms. The van der Waals surface area contributed by atoms with Crippen LogP contribution in [0.1, 0.15) is 45.2 Å². The Kier molecular flexibility index (Phi) is 7.42. The lowest BCUT2D eigenvalue weighted by Gasteiger charge is -2.33. The van der Waals surface area contributed by atoms with Crippen LogP contribution in [0.4, 0.5) is 0 Å². The zero-order valence-electron chi connectivity index (χ0n) is 16.8. The number of nitrogens with zero attached hydrogens (tertiary/aromatic N) is 1. The molecule has 1 aliphatic rings. The molecule has 0 saturated carbocycles. The molecule has 160 valence electrons. The third kappa shape index (κ3) is 6.01. The van der Waals surface area contributed by atoms with E-state index < -0.39 is 47.4 Å². The standard InChI is InChI=1S/C20H28BrN3O5/c1-20(2,3)17(22)19(29)24-10-13(25)8-15(24)18(28)23-14(9-16(26)27)11-4-6-12(21)7-5-11/h4-7,13-15,17,25H,8-10,22H2,1-3H3,(H,23,28)(H,26,27)/t13-,14+,15+,17+/m1/s1. The molecule has 2 rings (SSSR count). The van der Waals surface area contributed by atoms with Crippen LogP contribution in [0, 0.1) is 5.41 Å². The first kappa shape index (κ1) is 23.3. The number of rotatable bonds is 6. The number of carbonyl (C=O) groups is 3. The Bertz CT molecular complexity index is 762. The van der Waals surface area contributed by atoms with E-state index in [9.17, 15) is 24.6 Å². The van der Waals surface area contributed by atoms with E-state index in [0.717, 1.165) is 4.47 Å². The molecule has 0 spiro atoms. The number of aliphatic hydroxyl groups is 1. The molecule has 0 aliphatic carbocycles. The van der Waals surface area contributed by atoms with Crippen molar-refractivity contribution in [1.29, 1.82) is 0 Å². The van der Waals surface area contributed by atoms with Gasteiger partial charge in [-0.1, -0.05) is 48.8 Å². The van der Waals surface area contributed by atoms with Crippen LogP contribution in [0.25, 0.3) is 0 Å². The minimum Gasteiger partial charge on any atom is -0.481 e. The fourth-order valence-corrected chi connectivity index (χ4v) is 3.51. The average molecular weight is 470 g/mol. The van der Waals surface area contributed by atoms with Crippen molar-refractivity contribution in [3.05, 3.63) is 34.3 Å². The van der Waals surface area contributed by atoms with Gasteiger partial charge in [0.05, 0.1) is 24.6 Å². The Labute approximate surface area is 178 Å². The lowest BCUT2D eigenvalue weighted by atomic mass is 9.86. The van der Waals surface area contributed by atoms with Gasteiger partial charge in [-0.3, -0.25) is 14.4 Å². The van der Waals surface area contributed by atoms with Crippen molar-refractivity contribution in [2.45, 2.75) is 57.8 Å². The lowest BCUT2D eigenvalue weighted by Crippen LogP contribution is -2.55. The second-order valence-corrected chi connectivity index (χ2v) is 9.37. The molecule has 1 aliphatic heterocycles. The van der Waals surface area contributed by atoms with Crippen molar-refractivity contribution < 1.29 is 24.6 Å². The summed E-state index contributed by atoms with van der Waals surface area (Å²) in [5, 5.41) is 22.0. The number of nitrogens with one attached hydrogen (secondary N) is 1. The summed E-state index contributed by atoms with van der Waals surface area (Å²) in [4.78, 5) is 38.4. The van der Waals surface area contributed by atoms with Crippen molar-refractivity contribution in [3.63, 3.8) is 0 Å². The second kappa shape index (κ2) is 9.23. The highest BCUT2D eigenvalue weighted by Crippen LogP contribution is 2.26. The number of halogens is 1. The van der Waals surface area contributed by atoms with Gasteiger partial charge in [0.2, 0.25) is 11.8 Å². The van der Waals surface area contributed by atoms with Gasteiger partial charge in [0.15, 0.2) is 0 Å². The molecule has 0 bridgehead atoms. The van der Waals surface area contributed by atoms with Crippen molar-refractivity contribution in [2.24, 2.45) is 11.1 Å². The van der Waals surface area contributed by atoms with Crippen LogP contribution < -0.4 is 11.1 Å². The first-order valence-corrected chi connectivity index (χ1v) is 10.2. The number of aliphatic hydroxyl groups excluding tert-OH is 1. The maximum Gasteiger partial charge on any atom is 0.305 e. The highest BCUT2D eigenvalue weighted by Gasteiger charge is 2.43. The molecule has 29 heavy (non-hydrogen) atoms. The number of carboxylic acid groups (broad SMARTS) is 1. The number of likely N-dealkylation sites (tertiary alicyclic amines) is 1. The topological polar surface area (TPSA) is 133 Å². The number of β-amino-alcohol motifs (C(OH)–C–C–N with tert-alkyl or cyclic N) is 1. The van der Waals surface area contributed by atoms with Crippen molar-refractivity contribution in [3.8, 4) is 0 Å². The van der Waals surface area contributed by atoms with Gasteiger partial charge >= 0.3 is 5.97 Å². The first-order valence-electron chi connectivity index (χ1n) is 9.42. The van der Waals surface area contributed by atoms with Crippen LogP contribution in [0.3, 0.4) is 0 Å². The number of hydrogen-bond acceptors (Lipinski definition) is 5. The Morgan fingerprint density at radius 3 is 2.38 bits per heavy atom. The fourth-order valence-electron chi connectivity index (χ4n) is 3.24. The number of nitrogens with two attached hydrogens (primary N) is 1. The fraction of sp³-hybridized carbons (Fsp3) is 0.550. The highest BCUT2D eigenvalue weighted by atomic mass is 79.9. The summed E-state index contributed by atoms with van der Waals surface area (Å²) >= 11 is 3.32. The summed E-state index contributed by atoms with van der Waals surface area (Å²) in [6, 6.07) is 4.46. The predicted molar refractivity (Wildman–Crippen MR) is 111 cm³/mol. The number of carboxylic acids is 1. The number of hydrogen-bond donors (Lipinski definition) is 4. The molecule has 5 N–H and O–H groups in total. The normalized spacial score (nSPS) is 21.5. The molecule has 2 amide bonds. The number of amides is 2. The van der Waals surface area contributed by atoms with Crippen LogP contribution in [0.2, 0.25) is 0 Å². The van der Waals surface area contributed by atoms with E-state index in [2.05, 4.69) is 21.2 Å². The van der Waals surface area contributed by atoms with Gasteiger partial charge in [-0.25, -0.2) is 0 Å². The van der Waals surface area contributed by atoms with Gasteiger partial charge in [-0.15, -0.1) is 0 Å². The molecule has 0 radical (unpaired) electrons. The summed E-state index contributed by atoms with van der Waals surface area (Å²) in [5.41, 5.74) is 6.19. The molecule has 1 aromatic rings. The predicted octanol–water partition coefficient (Wildman–Crippen LogP) is 1.42. The number of aliphatic carboxylic acids is 1. The second-order valence-electron chi connectivity index (χ2n) is 8.45. The molecule has 0 unspecified atom stereocenters. The van der Waals surface area contributed by atoms with E-state index in [1.165, 1.54) is 4.90 Å². The number of carbonyl (C=O) groups excluding carboxylic acids is 2. The maximum absolute atomic E-state index is 13.0. The molecule has 0 aromatic heterocycles. The van der Waals surface area contributed by atoms with Crippen LogP contribution >= 0.6 is 15.9 Å². The smallest absolute Gasteiger partial charge is 0.305 e. The van der Waals surface area contributed by atoms with E-state index in [4.69, 9.17) is 5.73 Å². The largest absolute Gasteiger partial charge is 0.481 e. The maximum atomic E-state index is 13.0. The Balaban J connectivity index is 2.21. The van der Waals surface area contributed by atoms with Gasteiger partial charge in [0.1, 0.15) is 6.04 Å². The number of benzene rings is 1. The van der Waals surface area contributed by atoms with E-state index in [1.807, 2.05) is 20.8 Å². The average Bonchev–Trinajstić information content (AvgIpc) is 3.01. The minimum absolute atomic E-state index is 0.0164. The van der Waals surface area contributed by atoms with Crippen molar-refractivity contribution >= 4 is 33.7 Å². The van der Waals surface area contributed by atoms with Crippen LogP contribution in [-0.4, -0.2) is 57.6 Å². The summed E-state index contributed by atoms with van der Waals surface area (Å²) in [6.07, 6.45) is -1.07. The quantitative estimate of drug-likeness (QED) is 0.497. The monoisotopic (exact) mass is 469 g/mol. The molecule has 1 aromatic carbocycles. The summed E-state index contributed by atoms with van der Waals surface area (Å²) in [6.45, 7) is 5.50. The third-order valence-corrected chi connectivity index (χ3v) is 5.56. The van der Waals surface area contributed by atoms with Crippen molar-refractivity contribution in [1.82, 2.24) is 10.2 Å². The molecule has 8 nitrogen and oxygen atoms in total. The van der Waals surface area contributed by atoms with E-state index >= 15 is 0 Å². The van der Waals surface area contributed by atoms with Crippen molar-refractivity contribution in [2.75, 3.05) is 6.54 Å².